The van der Waals surface area contributed by atoms with Gasteiger partial charge in [0.05, 0.1) is 12.4 Å². The summed E-state index contributed by atoms with van der Waals surface area (Å²) in [4.78, 5) is 1.68. The quantitative estimate of drug-likeness (QED) is 0.374. The summed E-state index contributed by atoms with van der Waals surface area (Å²) >= 11 is 0.748. The van der Waals surface area contributed by atoms with Crippen molar-refractivity contribution in [3.63, 3.8) is 0 Å². The molecule has 0 saturated carbocycles. The standard InChI is InChI=1S/C14H26N4O5S2/c1-4-5-6-7-8-25(21,22)14-16-15-13(24-14)18(20)10-17(2)11(9-23-3)12(18)19/h11-12,19H,4-10H2,1-3H3. The second-order valence-corrected chi connectivity index (χ2v) is 9.60. The van der Waals surface area contributed by atoms with E-state index in [0.29, 0.717) is 6.42 Å². The zero-order valence-electron chi connectivity index (χ0n) is 14.8. The molecule has 0 amide bonds. The molecule has 0 aromatic carbocycles. The van der Waals surface area contributed by atoms with E-state index in [1.807, 2.05) is 0 Å². The van der Waals surface area contributed by atoms with Crippen molar-refractivity contribution in [1.29, 1.82) is 0 Å². The van der Waals surface area contributed by atoms with Gasteiger partial charge >= 0.3 is 5.13 Å². The van der Waals surface area contributed by atoms with E-state index in [1.54, 1.807) is 11.9 Å². The van der Waals surface area contributed by atoms with Gasteiger partial charge < -0.3 is 15.1 Å². The molecule has 2 heterocycles. The van der Waals surface area contributed by atoms with Crippen LogP contribution < -0.4 is 4.65 Å². The molecule has 1 fully saturated rings. The first kappa shape index (κ1) is 20.6. The van der Waals surface area contributed by atoms with Crippen LogP contribution >= 0.6 is 11.3 Å². The minimum atomic E-state index is -3.55. The predicted octanol–water partition coefficient (Wildman–Crippen LogP) is 0.934. The Hall–Kier alpha value is -0.690. The minimum absolute atomic E-state index is 0.00472. The Bertz CT molecular complexity index is 668. The molecule has 1 N–H and O–H groups in total. The molecule has 25 heavy (non-hydrogen) atoms. The normalized spacial score (nSPS) is 27.9. The maximum absolute atomic E-state index is 13.1. The fraction of sp³-hybridized carbons (Fsp3) is 0.857. The van der Waals surface area contributed by atoms with Crippen molar-refractivity contribution >= 4 is 26.3 Å². The van der Waals surface area contributed by atoms with Crippen LogP contribution in [0.5, 0.6) is 0 Å². The molecule has 9 nitrogen and oxygen atoms in total. The lowest BCUT2D eigenvalue weighted by Gasteiger charge is -2.37. The number of unbranched alkanes of at least 4 members (excludes halogenated alkanes) is 3. The Morgan fingerprint density at radius 1 is 1.40 bits per heavy atom. The lowest BCUT2D eigenvalue weighted by molar-refractivity contribution is 0.0228. The van der Waals surface area contributed by atoms with Crippen LogP contribution in [0.2, 0.25) is 0 Å². The fourth-order valence-corrected chi connectivity index (χ4v) is 5.42. The Balaban J connectivity index is 2.15. The summed E-state index contributed by atoms with van der Waals surface area (Å²) in [6.07, 6.45) is 2.09. The van der Waals surface area contributed by atoms with Gasteiger partial charge in [-0.05, 0) is 24.8 Å². The average Bonchev–Trinajstić information content (AvgIpc) is 3.13. The monoisotopic (exact) mass is 394 g/mol. The molecule has 1 aromatic heterocycles. The second-order valence-electron chi connectivity index (χ2n) is 6.36. The Kier molecular flexibility index (Phi) is 6.87. The number of quaternary nitrogens is 1. The number of rotatable bonds is 9. The van der Waals surface area contributed by atoms with Crippen LogP contribution in [-0.4, -0.2) is 74.1 Å². The molecule has 3 unspecified atom stereocenters. The largest absolute Gasteiger partial charge is 0.623 e. The fourth-order valence-electron chi connectivity index (χ4n) is 2.87. The molecule has 2 rings (SSSR count). The van der Waals surface area contributed by atoms with Crippen LogP contribution in [0, 0.1) is 5.21 Å². The first-order chi connectivity index (χ1) is 11.8. The van der Waals surface area contributed by atoms with Gasteiger partial charge in [0, 0.05) is 7.11 Å². The number of nitrogens with zero attached hydrogens (tertiary/aromatic N) is 4. The van der Waals surface area contributed by atoms with Gasteiger partial charge in [-0.25, -0.2) is 13.3 Å². The molecule has 0 aliphatic carbocycles. The van der Waals surface area contributed by atoms with E-state index in [1.165, 1.54) is 7.11 Å². The number of hydroxylamine groups is 2. The summed E-state index contributed by atoms with van der Waals surface area (Å²) in [5, 5.41) is 30.9. The van der Waals surface area contributed by atoms with Crippen LogP contribution in [0.3, 0.4) is 0 Å². The van der Waals surface area contributed by atoms with Crippen LogP contribution in [-0.2, 0) is 14.6 Å². The Morgan fingerprint density at radius 2 is 2.12 bits per heavy atom. The van der Waals surface area contributed by atoms with Crippen LogP contribution in [0.15, 0.2) is 4.34 Å². The van der Waals surface area contributed by atoms with Crippen molar-refractivity contribution in [1.82, 2.24) is 19.7 Å². The van der Waals surface area contributed by atoms with E-state index in [4.69, 9.17) is 4.74 Å². The summed E-state index contributed by atoms with van der Waals surface area (Å²) in [5.41, 5.74) is 0. The minimum Gasteiger partial charge on any atom is -0.623 e. The summed E-state index contributed by atoms with van der Waals surface area (Å²) in [5.74, 6) is -0.00472. The molecule has 0 spiro atoms. The highest BCUT2D eigenvalue weighted by molar-refractivity contribution is 7.93. The van der Waals surface area contributed by atoms with Crippen molar-refractivity contribution in [2.75, 3.05) is 33.2 Å². The van der Waals surface area contributed by atoms with Crippen molar-refractivity contribution in [3.8, 4) is 0 Å². The van der Waals surface area contributed by atoms with Crippen molar-refractivity contribution in [2.45, 2.75) is 49.2 Å². The molecule has 0 bridgehead atoms. The smallest absolute Gasteiger partial charge is 0.310 e. The maximum atomic E-state index is 13.1. The number of aromatic nitrogens is 2. The van der Waals surface area contributed by atoms with Gasteiger partial charge in [-0.1, -0.05) is 31.3 Å². The van der Waals surface area contributed by atoms with E-state index in [0.717, 1.165) is 30.6 Å². The number of methoxy groups -OCH3 is 1. The van der Waals surface area contributed by atoms with Gasteiger partial charge in [0.15, 0.2) is 0 Å². The highest BCUT2D eigenvalue weighted by Crippen LogP contribution is 2.36. The van der Waals surface area contributed by atoms with E-state index in [9.17, 15) is 18.7 Å². The van der Waals surface area contributed by atoms with E-state index < -0.39 is 26.8 Å². The summed E-state index contributed by atoms with van der Waals surface area (Å²) in [6.45, 7) is 2.21. The van der Waals surface area contributed by atoms with E-state index >= 15 is 0 Å². The zero-order chi connectivity index (χ0) is 18.7. The van der Waals surface area contributed by atoms with Crippen LogP contribution in [0.4, 0.5) is 5.13 Å². The highest BCUT2D eigenvalue weighted by Gasteiger charge is 2.49. The van der Waals surface area contributed by atoms with Gasteiger partial charge in [0.25, 0.3) is 0 Å². The molecule has 1 aliphatic heterocycles. The van der Waals surface area contributed by atoms with E-state index in [-0.39, 0.29) is 28.5 Å². The Morgan fingerprint density at radius 3 is 2.76 bits per heavy atom. The molecular weight excluding hydrogens is 368 g/mol. The van der Waals surface area contributed by atoms with Crippen molar-refractivity contribution < 1.29 is 18.3 Å². The number of hydrogen-bond donors (Lipinski definition) is 1. The molecule has 1 aliphatic rings. The lowest BCUT2D eigenvalue weighted by atomic mass is 10.2. The number of aliphatic hydroxyl groups is 1. The van der Waals surface area contributed by atoms with E-state index in [2.05, 4.69) is 17.1 Å². The first-order valence-corrected chi connectivity index (χ1v) is 10.8. The third kappa shape index (κ3) is 4.35. The van der Waals surface area contributed by atoms with Crippen molar-refractivity contribution in [2.24, 2.45) is 0 Å². The maximum Gasteiger partial charge on any atom is 0.310 e. The SMILES string of the molecule is CCCCCCS(=O)(=O)c1nnc([N+]2([O-])CN(C)C(COC)C2O)s1. The van der Waals surface area contributed by atoms with Gasteiger partial charge in [-0.2, -0.15) is 0 Å². The molecular formula is C14H26N4O5S2. The summed E-state index contributed by atoms with van der Waals surface area (Å²) in [6, 6.07) is -0.486. The molecule has 1 saturated heterocycles. The highest BCUT2D eigenvalue weighted by atomic mass is 32.2. The topological polar surface area (TPSA) is 116 Å². The van der Waals surface area contributed by atoms with Crippen LogP contribution in [0.25, 0.3) is 0 Å². The summed E-state index contributed by atoms with van der Waals surface area (Å²) < 4.78 is 28.4. The Labute approximate surface area is 152 Å². The molecule has 144 valence electrons. The zero-order valence-corrected chi connectivity index (χ0v) is 16.4. The predicted molar refractivity (Wildman–Crippen MR) is 95.6 cm³/mol. The molecule has 11 heteroatoms. The third-order valence-corrected chi connectivity index (χ3v) is 7.64. The third-order valence-electron chi connectivity index (χ3n) is 4.36. The first-order valence-electron chi connectivity index (χ1n) is 8.29. The molecule has 0 radical (unpaired) electrons. The number of ether oxygens (including phenoxy) is 1. The van der Waals surface area contributed by atoms with Gasteiger partial charge in [0.1, 0.15) is 12.7 Å². The van der Waals surface area contributed by atoms with Gasteiger partial charge in [-0.15, -0.1) is 5.10 Å². The average molecular weight is 395 g/mol. The second kappa shape index (κ2) is 8.33. The number of sulfone groups is 1. The molecule has 1 aromatic rings. The van der Waals surface area contributed by atoms with Gasteiger partial charge in [-0.3, -0.25) is 4.65 Å². The van der Waals surface area contributed by atoms with Crippen molar-refractivity contribution in [3.05, 3.63) is 5.21 Å². The van der Waals surface area contributed by atoms with Gasteiger partial charge in [0.2, 0.25) is 20.4 Å². The number of hydrogen-bond acceptors (Lipinski definition) is 9. The van der Waals surface area contributed by atoms with Crippen LogP contribution in [0.1, 0.15) is 32.6 Å². The molecule has 3 atom stereocenters. The number of likely N-dealkylation sites (N-methyl/N-ethyl adjacent to an activating group) is 1. The lowest BCUT2D eigenvalue weighted by Crippen LogP contribution is -2.51. The number of aliphatic hydroxyl groups excluding tert-OH is 1. The summed E-state index contributed by atoms with van der Waals surface area (Å²) in [7, 11) is -0.357.